The zero-order valence-corrected chi connectivity index (χ0v) is 14.0. The third-order valence-corrected chi connectivity index (χ3v) is 4.32. The molecule has 1 rings (SSSR count). The second-order valence-electron chi connectivity index (χ2n) is 5.76. The Labute approximate surface area is 139 Å². The topological polar surface area (TPSA) is 53.5 Å². The van der Waals surface area contributed by atoms with Gasteiger partial charge in [-0.1, -0.05) is 12.1 Å². The van der Waals surface area contributed by atoms with E-state index in [1.807, 2.05) is 0 Å². The summed E-state index contributed by atoms with van der Waals surface area (Å²) in [4.78, 5) is 0. The molecular weight excluding hydrogens is 357 g/mol. The van der Waals surface area contributed by atoms with Gasteiger partial charge in [-0.3, -0.25) is 4.74 Å². The fraction of sp³-hybridized carbons (Fsp3) is 0.571. The highest BCUT2D eigenvalue weighted by atomic mass is 32.2. The van der Waals surface area contributed by atoms with E-state index in [1.165, 1.54) is 18.2 Å². The van der Waals surface area contributed by atoms with E-state index < -0.39 is 41.7 Å². The first-order valence-corrected chi connectivity index (χ1v) is 7.97. The lowest BCUT2D eigenvalue weighted by Crippen LogP contribution is -2.43. The number of hydrogen-bond acceptors (Lipinski definition) is 4. The van der Waals surface area contributed by atoms with Crippen LogP contribution in [0.3, 0.4) is 0 Å². The van der Waals surface area contributed by atoms with Gasteiger partial charge in [0.05, 0.1) is 6.61 Å². The summed E-state index contributed by atoms with van der Waals surface area (Å²) in [6.45, 7) is 0.960. The summed E-state index contributed by atoms with van der Waals surface area (Å²) < 4.78 is 83.4. The molecule has 0 aromatic heterocycles. The van der Waals surface area contributed by atoms with Gasteiger partial charge in [0.2, 0.25) is 0 Å². The van der Waals surface area contributed by atoms with Gasteiger partial charge in [-0.15, -0.1) is 17.9 Å². The molecule has 0 aliphatic carbocycles. The SMILES string of the molecule is CC(C)(C)[S+]([O-])NC(COC(F)(F)F)c1cccc(OC(F)F)c1. The van der Waals surface area contributed by atoms with Crippen LogP contribution in [0.4, 0.5) is 22.0 Å². The molecule has 0 heterocycles. The van der Waals surface area contributed by atoms with Gasteiger partial charge in [-0.25, -0.2) is 0 Å². The summed E-state index contributed by atoms with van der Waals surface area (Å²) >= 11 is -1.70. The van der Waals surface area contributed by atoms with Gasteiger partial charge in [-0.05, 0) is 38.5 Å². The third-order valence-electron chi connectivity index (χ3n) is 2.70. The first kappa shape index (κ1) is 20.9. The summed E-state index contributed by atoms with van der Waals surface area (Å²) in [6, 6.07) is 3.99. The van der Waals surface area contributed by atoms with Gasteiger partial charge in [0.25, 0.3) is 0 Å². The molecule has 0 spiro atoms. The van der Waals surface area contributed by atoms with Crippen molar-refractivity contribution in [3.8, 4) is 5.75 Å². The summed E-state index contributed by atoms with van der Waals surface area (Å²) in [6.07, 6.45) is -4.87. The van der Waals surface area contributed by atoms with E-state index in [-0.39, 0.29) is 11.3 Å². The van der Waals surface area contributed by atoms with E-state index in [2.05, 4.69) is 14.2 Å². The normalized spacial score (nSPS) is 15.4. The smallest absolute Gasteiger partial charge is 0.522 e. The molecular formula is C14H18F5NO3S. The zero-order chi connectivity index (χ0) is 18.5. The Hall–Kier alpha value is -1.10. The number of halogens is 5. The van der Waals surface area contributed by atoms with Crippen molar-refractivity contribution in [1.29, 1.82) is 0 Å². The molecule has 24 heavy (non-hydrogen) atoms. The average Bonchev–Trinajstić information content (AvgIpc) is 2.40. The third kappa shape index (κ3) is 7.65. The highest BCUT2D eigenvalue weighted by Crippen LogP contribution is 2.26. The van der Waals surface area contributed by atoms with E-state index in [4.69, 9.17) is 0 Å². The summed E-state index contributed by atoms with van der Waals surface area (Å²) in [5.74, 6) is -0.220. The number of ether oxygens (including phenoxy) is 2. The minimum Gasteiger partial charge on any atom is -0.598 e. The van der Waals surface area contributed by atoms with Crippen molar-refractivity contribution in [2.24, 2.45) is 0 Å². The average molecular weight is 375 g/mol. The van der Waals surface area contributed by atoms with E-state index in [1.54, 1.807) is 20.8 Å². The second kappa shape index (κ2) is 8.32. The van der Waals surface area contributed by atoms with Crippen molar-refractivity contribution in [2.75, 3.05) is 6.61 Å². The first-order chi connectivity index (χ1) is 10.9. The molecule has 10 heteroatoms. The molecule has 0 aliphatic heterocycles. The minimum atomic E-state index is -4.87. The van der Waals surface area contributed by atoms with Crippen LogP contribution in [-0.2, 0) is 16.1 Å². The van der Waals surface area contributed by atoms with Crippen LogP contribution in [-0.4, -0.2) is 28.9 Å². The Balaban J connectivity index is 2.99. The largest absolute Gasteiger partial charge is 0.598 e. The number of nitrogens with one attached hydrogen (secondary N) is 1. The predicted molar refractivity (Wildman–Crippen MR) is 78.9 cm³/mol. The molecule has 2 atom stereocenters. The first-order valence-electron chi connectivity index (χ1n) is 6.82. The van der Waals surface area contributed by atoms with Crippen molar-refractivity contribution < 1.29 is 36.0 Å². The van der Waals surface area contributed by atoms with Crippen LogP contribution >= 0.6 is 0 Å². The molecule has 0 radical (unpaired) electrons. The number of alkyl halides is 5. The molecule has 1 aromatic carbocycles. The highest BCUT2D eigenvalue weighted by Gasteiger charge is 2.34. The predicted octanol–water partition coefficient (Wildman–Crippen LogP) is 3.92. The zero-order valence-electron chi connectivity index (χ0n) is 13.2. The Morgan fingerprint density at radius 2 is 1.83 bits per heavy atom. The highest BCUT2D eigenvalue weighted by molar-refractivity contribution is 7.90. The standard InChI is InChI=1S/C14H18F5NO3S/c1-13(2,3)24(21)20-11(8-22-14(17,18)19)9-5-4-6-10(7-9)23-12(15)16/h4-7,11-12,20H,8H2,1-3H3. The Morgan fingerprint density at radius 1 is 1.21 bits per heavy atom. The van der Waals surface area contributed by atoms with E-state index in [0.29, 0.717) is 0 Å². The monoisotopic (exact) mass is 375 g/mol. The quantitative estimate of drug-likeness (QED) is 0.580. The minimum absolute atomic E-state index is 0.176. The molecule has 0 fully saturated rings. The Bertz CT molecular complexity index is 522. The summed E-state index contributed by atoms with van der Waals surface area (Å²) in [7, 11) is 0. The molecule has 4 nitrogen and oxygen atoms in total. The lowest BCUT2D eigenvalue weighted by molar-refractivity contribution is -0.326. The summed E-state index contributed by atoms with van der Waals surface area (Å²) in [5.41, 5.74) is 0.176. The van der Waals surface area contributed by atoms with Crippen LogP contribution in [0.5, 0.6) is 5.75 Å². The lowest BCUT2D eigenvalue weighted by Gasteiger charge is -2.28. The molecule has 1 aromatic rings. The van der Waals surface area contributed by atoms with Crippen molar-refractivity contribution in [1.82, 2.24) is 4.72 Å². The lowest BCUT2D eigenvalue weighted by atomic mass is 10.1. The van der Waals surface area contributed by atoms with Crippen LogP contribution < -0.4 is 9.46 Å². The van der Waals surface area contributed by atoms with E-state index in [9.17, 15) is 26.5 Å². The van der Waals surface area contributed by atoms with Gasteiger partial charge < -0.3 is 9.29 Å². The molecule has 138 valence electrons. The fourth-order valence-corrected chi connectivity index (χ4v) is 2.41. The summed E-state index contributed by atoms with van der Waals surface area (Å²) in [5, 5.41) is 0. The van der Waals surface area contributed by atoms with Gasteiger partial charge in [0.1, 0.15) is 16.5 Å². The number of benzene rings is 1. The number of hydrogen-bond donors (Lipinski definition) is 1. The van der Waals surface area contributed by atoms with Crippen molar-refractivity contribution in [3.63, 3.8) is 0 Å². The number of rotatable bonds is 7. The van der Waals surface area contributed by atoms with Crippen molar-refractivity contribution in [2.45, 2.75) is 44.5 Å². The fourth-order valence-electron chi connectivity index (χ4n) is 1.59. The second-order valence-corrected chi connectivity index (χ2v) is 7.76. The van der Waals surface area contributed by atoms with Crippen LogP contribution in [0, 0.1) is 0 Å². The maximum Gasteiger partial charge on any atom is 0.522 e. The molecule has 0 aliphatic rings. The van der Waals surface area contributed by atoms with Crippen LogP contribution in [0.25, 0.3) is 0 Å². The maximum absolute atomic E-state index is 12.3. The molecule has 1 N–H and O–H groups in total. The van der Waals surface area contributed by atoms with Gasteiger partial charge >= 0.3 is 13.0 Å². The van der Waals surface area contributed by atoms with Gasteiger partial charge in [0.15, 0.2) is 0 Å². The van der Waals surface area contributed by atoms with Crippen LogP contribution in [0.2, 0.25) is 0 Å². The maximum atomic E-state index is 12.3. The van der Waals surface area contributed by atoms with Crippen molar-refractivity contribution >= 4 is 11.4 Å². The van der Waals surface area contributed by atoms with Crippen LogP contribution in [0.15, 0.2) is 24.3 Å². The molecule has 0 saturated heterocycles. The molecule has 2 unspecified atom stereocenters. The Kier molecular flexibility index (Phi) is 7.26. The molecule has 0 bridgehead atoms. The molecule has 0 saturated carbocycles. The Morgan fingerprint density at radius 3 is 2.33 bits per heavy atom. The van der Waals surface area contributed by atoms with E-state index in [0.717, 1.165) is 6.07 Å². The van der Waals surface area contributed by atoms with Gasteiger partial charge in [0, 0.05) is 11.4 Å². The van der Waals surface area contributed by atoms with Gasteiger partial charge in [-0.2, -0.15) is 8.78 Å². The molecule has 0 amide bonds. The van der Waals surface area contributed by atoms with Crippen molar-refractivity contribution in [3.05, 3.63) is 29.8 Å². The van der Waals surface area contributed by atoms with Crippen LogP contribution in [0.1, 0.15) is 32.4 Å². The van der Waals surface area contributed by atoms with E-state index >= 15 is 0 Å².